The molecule has 3 nitrogen and oxygen atoms in total. The lowest BCUT2D eigenvalue weighted by Gasteiger charge is -2.34. The molecule has 0 atom stereocenters. The lowest BCUT2D eigenvalue weighted by Crippen LogP contribution is -2.44. The van der Waals surface area contributed by atoms with Crippen LogP contribution in [0.3, 0.4) is 0 Å². The first kappa shape index (κ1) is 22.2. The Morgan fingerprint density at radius 3 is 1.77 bits per heavy atom. The summed E-state index contributed by atoms with van der Waals surface area (Å²) in [6.07, 6.45) is 1.76. The molecule has 1 N–H and O–H groups in total. The maximum atomic E-state index is 13.1. The molecular formula is C22H31ClN2O. The summed E-state index contributed by atoms with van der Waals surface area (Å²) in [6, 6.07) is 20.3. The molecule has 0 saturated heterocycles. The van der Waals surface area contributed by atoms with Gasteiger partial charge in [0, 0.05) is 7.05 Å². The van der Waals surface area contributed by atoms with E-state index in [1.54, 1.807) is 7.05 Å². The molecule has 0 radical (unpaired) electrons. The molecule has 0 bridgehead atoms. The predicted molar refractivity (Wildman–Crippen MR) is 112 cm³/mol. The van der Waals surface area contributed by atoms with Crippen molar-refractivity contribution in [2.45, 2.75) is 32.1 Å². The fourth-order valence-electron chi connectivity index (χ4n) is 3.60. The highest BCUT2D eigenvalue weighted by atomic mass is 35.5. The first-order chi connectivity index (χ1) is 12.2. The number of likely N-dealkylation sites (N-methyl/N-ethyl adjacent to an activating group) is 1. The summed E-state index contributed by atoms with van der Waals surface area (Å²) in [5, 5.41) is 2.92. The molecule has 0 saturated carbocycles. The van der Waals surface area contributed by atoms with E-state index in [0.29, 0.717) is 0 Å². The SMILES string of the molecule is CCN(CC)CCCC(C(=O)NC)(c1ccccc1)c1ccccc1.Cl. The lowest BCUT2D eigenvalue weighted by molar-refractivity contribution is -0.125. The zero-order valence-electron chi connectivity index (χ0n) is 16.1. The minimum absolute atomic E-state index is 0. The molecule has 0 fully saturated rings. The number of amides is 1. The number of hydrogen-bond acceptors (Lipinski definition) is 2. The standard InChI is InChI=1S/C22H30N2O.ClH/c1-4-24(5-2)18-12-17-22(21(25)23-3,19-13-8-6-9-14-19)20-15-10-7-11-16-20;/h6-11,13-16H,4-5,12,17-18H2,1-3H3,(H,23,25);1H. The van der Waals surface area contributed by atoms with E-state index < -0.39 is 5.41 Å². The Kier molecular flexibility index (Phi) is 9.39. The Morgan fingerprint density at radius 2 is 1.38 bits per heavy atom. The third kappa shape index (κ3) is 4.87. The average molecular weight is 375 g/mol. The smallest absolute Gasteiger partial charge is 0.234 e. The van der Waals surface area contributed by atoms with E-state index in [9.17, 15) is 4.79 Å². The van der Waals surface area contributed by atoms with Crippen molar-refractivity contribution in [1.82, 2.24) is 10.2 Å². The first-order valence-electron chi connectivity index (χ1n) is 9.24. The Bertz CT molecular complexity index is 602. The topological polar surface area (TPSA) is 32.3 Å². The van der Waals surface area contributed by atoms with E-state index in [1.807, 2.05) is 36.4 Å². The van der Waals surface area contributed by atoms with Crippen LogP contribution in [0.1, 0.15) is 37.8 Å². The number of hydrogen-bond donors (Lipinski definition) is 1. The van der Waals surface area contributed by atoms with Crippen LogP contribution >= 0.6 is 12.4 Å². The molecule has 2 rings (SSSR count). The summed E-state index contributed by atoms with van der Waals surface area (Å²) in [5.41, 5.74) is 1.46. The summed E-state index contributed by atoms with van der Waals surface area (Å²) in [7, 11) is 1.73. The van der Waals surface area contributed by atoms with Gasteiger partial charge < -0.3 is 10.2 Å². The van der Waals surface area contributed by atoms with E-state index in [0.717, 1.165) is 43.6 Å². The molecule has 0 aromatic heterocycles. The van der Waals surface area contributed by atoms with Crippen LogP contribution < -0.4 is 5.32 Å². The van der Waals surface area contributed by atoms with Crippen LogP contribution in [0.15, 0.2) is 60.7 Å². The van der Waals surface area contributed by atoms with E-state index >= 15 is 0 Å². The van der Waals surface area contributed by atoms with Crippen molar-refractivity contribution in [1.29, 1.82) is 0 Å². The highest BCUT2D eigenvalue weighted by Crippen LogP contribution is 2.37. The highest BCUT2D eigenvalue weighted by molar-refractivity contribution is 5.92. The normalized spacial score (nSPS) is 11.1. The van der Waals surface area contributed by atoms with Gasteiger partial charge in [-0.25, -0.2) is 0 Å². The lowest BCUT2D eigenvalue weighted by atomic mass is 9.70. The van der Waals surface area contributed by atoms with Crippen LogP contribution in [0.5, 0.6) is 0 Å². The summed E-state index contributed by atoms with van der Waals surface area (Å²) in [6.45, 7) is 7.46. The predicted octanol–water partition coefficient (Wildman–Crippen LogP) is 4.26. The number of nitrogens with zero attached hydrogens (tertiary/aromatic N) is 1. The van der Waals surface area contributed by atoms with Gasteiger partial charge >= 0.3 is 0 Å². The van der Waals surface area contributed by atoms with Crippen LogP contribution in [0.4, 0.5) is 0 Å². The van der Waals surface area contributed by atoms with E-state index in [2.05, 4.69) is 48.3 Å². The molecule has 0 aliphatic carbocycles. The molecule has 0 aliphatic heterocycles. The summed E-state index contributed by atoms with van der Waals surface area (Å²) in [5.74, 6) is 0.0597. The Balaban J connectivity index is 0.00000338. The van der Waals surface area contributed by atoms with E-state index in [-0.39, 0.29) is 18.3 Å². The van der Waals surface area contributed by atoms with Crippen molar-refractivity contribution in [3.05, 3.63) is 71.8 Å². The van der Waals surface area contributed by atoms with Gasteiger partial charge in [-0.3, -0.25) is 4.79 Å². The third-order valence-electron chi connectivity index (χ3n) is 5.07. The summed E-state index contributed by atoms with van der Waals surface area (Å²) >= 11 is 0. The van der Waals surface area contributed by atoms with Crippen LogP contribution in [0, 0.1) is 0 Å². The van der Waals surface area contributed by atoms with E-state index in [4.69, 9.17) is 0 Å². The Labute approximate surface area is 164 Å². The largest absolute Gasteiger partial charge is 0.358 e. The molecule has 1 amide bonds. The van der Waals surface area contributed by atoms with Crippen molar-refractivity contribution in [2.24, 2.45) is 0 Å². The summed E-state index contributed by atoms with van der Waals surface area (Å²) < 4.78 is 0. The third-order valence-corrected chi connectivity index (χ3v) is 5.07. The second kappa shape index (κ2) is 11.0. The summed E-state index contributed by atoms with van der Waals surface area (Å²) in [4.78, 5) is 15.5. The minimum Gasteiger partial charge on any atom is -0.358 e. The molecular weight excluding hydrogens is 344 g/mol. The van der Waals surface area contributed by atoms with Crippen molar-refractivity contribution >= 4 is 18.3 Å². The van der Waals surface area contributed by atoms with Gasteiger partial charge in [0.05, 0.1) is 5.41 Å². The van der Waals surface area contributed by atoms with Crippen molar-refractivity contribution in [2.75, 3.05) is 26.7 Å². The van der Waals surface area contributed by atoms with Gasteiger partial charge in [-0.05, 0) is 43.6 Å². The van der Waals surface area contributed by atoms with Crippen molar-refractivity contribution < 1.29 is 4.79 Å². The molecule has 0 aliphatic rings. The van der Waals surface area contributed by atoms with E-state index in [1.165, 1.54) is 0 Å². The molecule has 4 heteroatoms. The maximum absolute atomic E-state index is 13.1. The van der Waals surface area contributed by atoms with Crippen molar-refractivity contribution in [3.8, 4) is 0 Å². The number of rotatable bonds is 9. The molecule has 0 spiro atoms. The first-order valence-corrected chi connectivity index (χ1v) is 9.24. The Morgan fingerprint density at radius 1 is 0.923 bits per heavy atom. The van der Waals surface area contributed by atoms with Gasteiger partial charge in [-0.15, -0.1) is 12.4 Å². The van der Waals surface area contributed by atoms with Gasteiger partial charge in [0.15, 0.2) is 0 Å². The monoisotopic (exact) mass is 374 g/mol. The number of carbonyl (C=O) groups is 1. The quantitative estimate of drug-likeness (QED) is 0.711. The second-order valence-corrected chi connectivity index (χ2v) is 6.35. The van der Waals surface area contributed by atoms with Crippen LogP contribution in [-0.4, -0.2) is 37.5 Å². The molecule has 2 aromatic carbocycles. The number of benzene rings is 2. The van der Waals surface area contributed by atoms with Crippen LogP contribution in [0.25, 0.3) is 0 Å². The van der Waals surface area contributed by atoms with Gasteiger partial charge in [0.2, 0.25) is 5.91 Å². The van der Waals surface area contributed by atoms with Gasteiger partial charge in [0.1, 0.15) is 0 Å². The highest BCUT2D eigenvalue weighted by Gasteiger charge is 2.40. The minimum atomic E-state index is -0.648. The fourth-order valence-corrected chi connectivity index (χ4v) is 3.60. The van der Waals surface area contributed by atoms with Crippen LogP contribution in [0.2, 0.25) is 0 Å². The van der Waals surface area contributed by atoms with Crippen molar-refractivity contribution in [3.63, 3.8) is 0 Å². The fraction of sp³-hybridized carbons (Fsp3) is 0.409. The zero-order valence-corrected chi connectivity index (χ0v) is 16.9. The molecule has 26 heavy (non-hydrogen) atoms. The molecule has 0 unspecified atom stereocenters. The Hall–Kier alpha value is -1.84. The zero-order chi connectivity index (χ0) is 18.1. The van der Waals surface area contributed by atoms with Gasteiger partial charge in [0.25, 0.3) is 0 Å². The van der Waals surface area contributed by atoms with Crippen LogP contribution in [-0.2, 0) is 10.2 Å². The average Bonchev–Trinajstić information content (AvgIpc) is 2.69. The molecule has 142 valence electrons. The number of halogens is 1. The molecule has 0 heterocycles. The van der Waals surface area contributed by atoms with Gasteiger partial charge in [-0.2, -0.15) is 0 Å². The maximum Gasteiger partial charge on any atom is 0.234 e. The molecule has 2 aromatic rings. The van der Waals surface area contributed by atoms with Gasteiger partial charge in [-0.1, -0.05) is 74.5 Å². The number of carbonyl (C=O) groups excluding carboxylic acids is 1. The second-order valence-electron chi connectivity index (χ2n) is 6.35. The number of nitrogens with one attached hydrogen (secondary N) is 1.